The summed E-state index contributed by atoms with van der Waals surface area (Å²) in [6, 6.07) is 5.69. The van der Waals surface area contributed by atoms with E-state index in [-0.39, 0.29) is 0 Å². The van der Waals surface area contributed by atoms with Crippen LogP contribution < -0.4 is 5.32 Å². The van der Waals surface area contributed by atoms with Crippen molar-refractivity contribution >= 4 is 17.3 Å². The molecule has 0 atom stereocenters. The number of hydrogen-bond acceptors (Lipinski definition) is 3. The van der Waals surface area contributed by atoms with Gasteiger partial charge < -0.3 is 9.73 Å². The molecule has 2 aromatic heterocycles. The Morgan fingerprint density at radius 2 is 2.33 bits per heavy atom. The Hall–Kier alpha value is -1.48. The maximum absolute atomic E-state index is 5.94. The molecule has 0 amide bonds. The van der Waals surface area contributed by atoms with Gasteiger partial charge in [0.15, 0.2) is 0 Å². The Morgan fingerprint density at radius 1 is 1.40 bits per heavy atom. The molecule has 0 unspecified atom stereocenters. The molecular formula is C11H11ClN2O. The third-order valence-electron chi connectivity index (χ3n) is 2.04. The van der Waals surface area contributed by atoms with Gasteiger partial charge in [0.1, 0.15) is 5.76 Å². The largest absolute Gasteiger partial charge is 0.469 e. The first-order chi connectivity index (χ1) is 7.36. The SMILES string of the molecule is Clc1cnccc1NCCc1ccco1. The van der Waals surface area contributed by atoms with Crippen molar-refractivity contribution in [3.8, 4) is 0 Å². The van der Waals surface area contributed by atoms with Crippen molar-refractivity contribution in [2.75, 3.05) is 11.9 Å². The molecule has 0 spiro atoms. The summed E-state index contributed by atoms with van der Waals surface area (Å²) in [5.74, 6) is 0.965. The van der Waals surface area contributed by atoms with Crippen LogP contribution in [0.1, 0.15) is 5.76 Å². The Kier molecular flexibility index (Phi) is 3.25. The van der Waals surface area contributed by atoms with E-state index in [0.717, 1.165) is 24.4 Å². The van der Waals surface area contributed by atoms with E-state index in [9.17, 15) is 0 Å². The molecule has 78 valence electrons. The van der Waals surface area contributed by atoms with Crippen LogP contribution in [-0.2, 0) is 6.42 Å². The predicted molar refractivity (Wildman–Crippen MR) is 60.1 cm³/mol. The molecule has 4 heteroatoms. The van der Waals surface area contributed by atoms with Crippen LogP contribution in [0, 0.1) is 0 Å². The van der Waals surface area contributed by atoms with Crippen LogP contribution in [0.5, 0.6) is 0 Å². The summed E-state index contributed by atoms with van der Waals surface area (Å²) in [6.07, 6.45) is 5.85. The van der Waals surface area contributed by atoms with E-state index in [1.54, 1.807) is 18.7 Å². The summed E-state index contributed by atoms with van der Waals surface area (Å²) in [5, 5.41) is 3.86. The molecule has 0 saturated heterocycles. The average molecular weight is 223 g/mol. The number of anilines is 1. The minimum atomic E-state index is 0.636. The van der Waals surface area contributed by atoms with Crippen LogP contribution in [-0.4, -0.2) is 11.5 Å². The van der Waals surface area contributed by atoms with E-state index >= 15 is 0 Å². The van der Waals surface area contributed by atoms with Crippen molar-refractivity contribution in [2.24, 2.45) is 0 Å². The molecule has 0 bridgehead atoms. The first-order valence-corrected chi connectivity index (χ1v) is 5.10. The first kappa shape index (κ1) is 10.1. The molecule has 2 rings (SSSR count). The highest BCUT2D eigenvalue weighted by Gasteiger charge is 1.99. The molecule has 2 heterocycles. The molecule has 15 heavy (non-hydrogen) atoms. The molecule has 0 radical (unpaired) electrons. The van der Waals surface area contributed by atoms with Crippen LogP contribution >= 0.6 is 11.6 Å². The first-order valence-electron chi connectivity index (χ1n) is 4.72. The van der Waals surface area contributed by atoms with Crippen molar-refractivity contribution in [1.29, 1.82) is 0 Å². The number of nitrogens with zero attached hydrogens (tertiary/aromatic N) is 1. The highest BCUT2D eigenvalue weighted by atomic mass is 35.5. The molecule has 0 fully saturated rings. The molecule has 0 aliphatic rings. The zero-order valence-electron chi connectivity index (χ0n) is 8.11. The fourth-order valence-electron chi connectivity index (χ4n) is 1.29. The van der Waals surface area contributed by atoms with E-state index < -0.39 is 0 Å². The number of pyridine rings is 1. The average Bonchev–Trinajstić information content (AvgIpc) is 2.74. The Bertz CT molecular complexity index is 414. The standard InChI is InChI=1S/C11H11ClN2O/c12-10-8-13-5-4-11(10)14-6-3-9-2-1-7-15-9/h1-2,4-5,7-8H,3,6H2,(H,13,14). The van der Waals surface area contributed by atoms with E-state index in [1.807, 2.05) is 18.2 Å². The van der Waals surface area contributed by atoms with E-state index in [1.165, 1.54) is 0 Å². The molecule has 0 aliphatic heterocycles. The molecule has 3 nitrogen and oxygen atoms in total. The molecular weight excluding hydrogens is 212 g/mol. The number of furan rings is 1. The van der Waals surface area contributed by atoms with E-state index in [0.29, 0.717) is 5.02 Å². The third kappa shape index (κ3) is 2.73. The third-order valence-corrected chi connectivity index (χ3v) is 2.34. The maximum atomic E-state index is 5.94. The molecule has 0 aromatic carbocycles. The summed E-state index contributed by atoms with van der Waals surface area (Å²) >= 11 is 5.94. The zero-order chi connectivity index (χ0) is 10.5. The number of aromatic nitrogens is 1. The quantitative estimate of drug-likeness (QED) is 0.864. The van der Waals surface area contributed by atoms with Crippen LogP contribution in [0.15, 0.2) is 41.3 Å². The predicted octanol–water partition coefficient (Wildman–Crippen LogP) is 2.98. The second-order valence-electron chi connectivity index (χ2n) is 3.11. The lowest BCUT2D eigenvalue weighted by Gasteiger charge is -2.05. The van der Waals surface area contributed by atoms with Crippen molar-refractivity contribution in [3.05, 3.63) is 47.6 Å². The molecule has 2 aromatic rings. The number of nitrogens with one attached hydrogen (secondary N) is 1. The lowest BCUT2D eigenvalue weighted by molar-refractivity contribution is 0.513. The molecule has 1 N–H and O–H groups in total. The second-order valence-corrected chi connectivity index (χ2v) is 3.52. The van der Waals surface area contributed by atoms with Crippen molar-refractivity contribution in [2.45, 2.75) is 6.42 Å². The van der Waals surface area contributed by atoms with Gasteiger partial charge in [-0.25, -0.2) is 0 Å². The number of halogens is 1. The summed E-state index contributed by atoms with van der Waals surface area (Å²) in [7, 11) is 0. The number of hydrogen-bond donors (Lipinski definition) is 1. The van der Waals surface area contributed by atoms with Gasteiger partial charge in [0.05, 0.1) is 17.0 Å². The highest BCUT2D eigenvalue weighted by molar-refractivity contribution is 6.33. The van der Waals surface area contributed by atoms with Crippen molar-refractivity contribution in [3.63, 3.8) is 0 Å². The van der Waals surface area contributed by atoms with Gasteiger partial charge in [0, 0.05) is 25.4 Å². The summed E-state index contributed by atoms with van der Waals surface area (Å²) in [5.41, 5.74) is 0.901. The van der Waals surface area contributed by atoms with Gasteiger partial charge >= 0.3 is 0 Å². The normalized spacial score (nSPS) is 10.2. The van der Waals surface area contributed by atoms with Gasteiger partial charge in [-0.05, 0) is 18.2 Å². The zero-order valence-corrected chi connectivity index (χ0v) is 8.87. The second kappa shape index (κ2) is 4.84. The fraction of sp³-hybridized carbons (Fsp3) is 0.182. The smallest absolute Gasteiger partial charge is 0.105 e. The van der Waals surface area contributed by atoms with E-state index in [4.69, 9.17) is 16.0 Å². The Labute approximate surface area is 93.1 Å². The minimum Gasteiger partial charge on any atom is -0.469 e. The van der Waals surface area contributed by atoms with Crippen molar-refractivity contribution in [1.82, 2.24) is 4.98 Å². The van der Waals surface area contributed by atoms with Crippen molar-refractivity contribution < 1.29 is 4.42 Å². The minimum absolute atomic E-state index is 0.636. The van der Waals surface area contributed by atoms with Crippen LogP contribution in [0.4, 0.5) is 5.69 Å². The number of rotatable bonds is 4. The van der Waals surface area contributed by atoms with Gasteiger partial charge in [0.2, 0.25) is 0 Å². The topological polar surface area (TPSA) is 38.1 Å². The lowest BCUT2D eigenvalue weighted by Crippen LogP contribution is -2.04. The lowest BCUT2D eigenvalue weighted by atomic mass is 10.3. The van der Waals surface area contributed by atoms with Crippen LogP contribution in [0.3, 0.4) is 0 Å². The van der Waals surface area contributed by atoms with Gasteiger partial charge in [-0.15, -0.1) is 0 Å². The van der Waals surface area contributed by atoms with Gasteiger partial charge in [-0.1, -0.05) is 11.6 Å². The van der Waals surface area contributed by atoms with Crippen LogP contribution in [0.2, 0.25) is 5.02 Å². The molecule has 0 saturated carbocycles. The molecule has 0 aliphatic carbocycles. The monoisotopic (exact) mass is 222 g/mol. The summed E-state index contributed by atoms with van der Waals surface area (Å²) in [4.78, 5) is 3.91. The maximum Gasteiger partial charge on any atom is 0.105 e. The van der Waals surface area contributed by atoms with E-state index in [2.05, 4.69) is 10.3 Å². The van der Waals surface area contributed by atoms with Gasteiger partial charge in [-0.3, -0.25) is 4.98 Å². The fourth-order valence-corrected chi connectivity index (χ4v) is 1.48. The Balaban J connectivity index is 1.86. The summed E-state index contributed by atoms with van der Waals surface area (Å²) < 4.78 is 5.22. The Morgan fingerprint density at radius 3 is 3.07 bits per heavy atom. The highest BCUT2D eigenvalue weighted by Crippen LogP contribution is 2.18. The van der Waals surface area contributed by atoms with Gasteiger partial charge in [0.25, 0.3) is 0 Å². The van der Waals surface area contributed by atoms with Crippen LogP contribution in [0.25, 0.3) is 0 Å². The summed E-state index contributed by atoms with van der Waals surface area (Å²) in [6.45, 7) is 0.789. The van der Waals surface area contributed by atoms with Gasteiger partial charge in [-0.2, -0.15) is 0 Å².